The van der Waals surface area contributed by atoms with E-state index >= 15 is 0 Å². The Morgan fingerprint density at radius 3 is 2.38 bits per heavy atom. The van der Waals surface area contributed by atoms with Crippen LogP contribution in [0.3, 0.4) is 0 Å². The summed E-state index contributed by atoms with van der Waals surface area (Å²) < 4.78 is 33.5. The Bertz CT molecular complexity index is 940. The van der Waals surface area contributed by atoms with Crippen molar-refractivity contribution in [2.45, 2.75) is 30.7 Å². The quantitative estimate of drug-likeness (QED) is 0.701. The Morgan fingerprint density at radius 2 is 1.79 bits per heavy atom. The molecular formula is C22H28N2O4S. The first-order valence-electron chi connectivity index (χ1n) is 9.76. The summed E-state index contributed by atoms with van der Waals surface area (Å²) in [6.07, 6.45) is 1.98. The van der Waals surface area contributed by atoms with Gasteiger partial charge >= 0.3 is 0 Å². The predicted molar refractivity (Wildman–Crippen MR) is 113 cm³/mol. The van der Waals surface area contributed by atoms with Crippen molar-refractivity contribution in [2.24, 2.45) is 5.92 Å². The molecule has 3 rings (SSSR count). The van der Waals surface area contributed by atoms with E-state index in [-0.39, 0.29) is 22.6 Å². The highest BCUT2D eigenvalue weighted by molar-refractivity contribution is 7.89. The van der Waals surface area contributed by atoms with Gasteiger partial charge in [-0.05, 0) is 69.1 Å². The molecule has 2 unspecified atom stereocenters. The number of ketones is 1. The number of ether oxygens (including phenoxy) is 1. The maximum Gasteiger partial charge on any atom is 0.240 e. The van der Waals surface area contributed by atoms with Gasteiger partial charge in [0.1, 0.15) is 5.75 Å². The lowest BCUT2D eigenvalue weighted by Crippen LogP contribution is -2.41. The number of nitrogens with zero attached hydrogens (tertiary/aromatic N) is 1. The number of methoxy groups -OCH3 is 1. The molecule has 29 heavy (non-hydrogen) atoms. The van der Waals surface area contributed by atoms with Crippen LogP contribution in [0.25, 0.3) is 0 Å². The van der Waals surface area contributed by atoms with Gasteiger partial charge in [0.05, 0.1) is 12.0 Å². The van der Waals surface area contributed by atoms with Gasteiger partial charge in [-0.3, -0.25) is 9.69 Å². The van der Waals surface area contributed by atoms with Gasteiger partial charge in [-0.1, -0.05) is 24.3 Å². The summed E-state index contributed by atoms with van der Waals surface area (Å²) in [7, 11) is 0.0849. The van der Waals surface area contributed by atoms with Crippen molar-refractivity contribution >= 4 is 15.8 Å². The molecule has 1 aliphatic rings. The number of sulfonamides is 1. The third-order valence-corrected chi connectivity index (χ3v) is 7.01. The van der Waals surface area contributed by atoms with E-state index in [0.717, 1.165) is 30.7 Å². The fourth-order valence-corrected chi connectivity index (χ4v) is 5.06. The standard InChI is InChI=1S/C22H28N2O4S/c1-16(25)17-8-12-21(13-9-17)29(26,27)23-15-19-5-4-14-24(2)22(19)18-6-10-20(28-3)11-7-18/h6-13,19,22-23H,4-5,14-15H2,1-3H3. The lowest BCUT2D eigenvalue weighted by Gasteiger charge is -2.39. The second-order valence-electron chi connectivity index (χ2n) is 7.53. The molecule has 0 bridgehead atoms. The summed E-state index contributed by atoms with van der Waals surface area (Å²) in [5.41, 5.74) is 1.65. The zero-order chi connectivity index (χ0) is 21.0. The van der Waals surface area contributed by atoms with Crippen molar-refractivity contribution < 1.29 is 17.9 Å². The van der Waals surface area contributed by atoms with Crippen molar-refractivity contribution in [3.63, 3.8) is 0 Å². The lowest BCUT2D eigenvalue weighted by molar-refractivity contribution is 0.101. The molecule has 2 aromatic carbocycles. The van der Waals surface area contributed by atoms with Crippen molar-refractivity contribution in [3.05, 3.63) is 59.7 Å². The van der Waals surface area contributed by atoms with Crippen molar-refractivity contribution in [1.82, 2.24) is 9.62 Å². The van der Waals surface area contributed by atoms with Crippen LogP contribution in [-0.4, -0.2) is 46.3 Å². The van der Waals surface area contributed by atoms with Gasteiger partial charge in [0.15, 0.2) is 5.78 Å². The second kappa shape index (κ2) is 9.07. The van der Waals surface area contributed by atoms with E-state index < -0.39 is 10.0 Å². The summed E-state index contributed by atoms with van der Waals surface area (Å²) >= 11 is 0. The lowest BCUT2D eigenvalue weighted by atomic mass is 9.85. The highest BCUT2D eigenvalue weighted by Gasteiger charge is 2.31. The zero-order valence-corrected chi connectivity index (χ0v) is 17.9. The molecule has 2 aromatic rings. The van der Waals surface area contributed by atoms with Gasteiger partial charge in [-0.25, -0.2) is 13.1 Å². The minimum Gasteiger partial charge on any atom is -0.497 e. The third kappa shape index (κ3) is 5.04. The van der Waals surface area contributed by atoms with E-state index in [9.17, 15) is 13.2 Å². The molecule has 1 saturated heterocycles. The topological polar surface area (TPSA) is 75.7 Å². The van der Waals surface area contributed by atoms with Crippen LogP contribution in [0.1, 0.15) is 41.7 Å². The van der Waals surface area contributed by atoms with Gasteiger partial charge in [0.25, 0.3) is 0 Å². The van der Waals surface area contributed by atoms with Gasteiger partial charge in [-0.2, -0.15) is 0 Å². The molecule has 0 spiro atoms. The van der Waals surface area contributed by atoms with Crippen LogP contribution in [-0.2, 0) is 10.0 Å². The van der Waals surface area contributed by atoms with E-state index in [0.29, 0.717) is 12.1 Å². The van der Waals surface area contributed by atoms with Crippen LogP contribution >= 0.6 is 0 Å². The molecule has 1 aliphatic heterocycles. The van der Waals surface area contributed by atoms with Crippen LogP contribution < -0.4 is 9.46 Å². The van der Waals surface area contributed by atoms with Crippen molar-refractivity contribution in [1.29, 1.82) is 0 Å². The Hall–Kier alpha value is -2.22. The first-order chi connectivity index (χ1) is 13.8. The van der Waals surface area contributed by atoms with E-state index in [4.69, 9.17) is 4.74 Å². The number of hydrogen-bond donors (Lipinski definition) is 1. The zero-order valence-electron chi connectivity index (χ0n) is 17.1. The van der Waals surface area contributed by atoms with Crippen molar-refractivity contribution in [2.75, 3.05) is 27.2 Å². The Morgan fingerprint density at radius 1 is 1.14 bits per heavy atom. The summed E-state index contributed by atoms with van der Waals surface area (Å²) in [5.74, 6) is 0.876. The highest BCUT2D eigenvalue weighted by Crippen LogP contribution is 2.35. The SMILES string of the molecule is COc1ccc(C2C(CNS(=O)(=O)c3ccc(C(C)=O)cc3)CCCN2C)cc1. The number of nitrogens with one attached hydrogen (secondary N) is 1. The fraction of sp³-hybridized carbons (Fsp3) is 0.409. The molecule has 0 aliphatic carbocycles. The Kier molecular flexibility index (Phi) is 6.72. The summed E-state index contributed by atoms with van der Waals surface area (Å²) in [6.45, 7) is 2.80. The van der Waals surface area contributed by atoms with Gasteiger partial charge in [-0.15, -0.1) is 0 Å². The molecule has 1 heterocycles. The van der Waals surface area contributed by atoms with E-state index in [2.05, 4.69) is 16.7 Å². The number of likely N-dealkylation sites (tertiary alicyclic amines) is 1. The first kappa shape index (κ1) is 21.5. The largest absolute Gasteiger partial charge is 0.497 e. The highest BCUT2D eigenvalue weighted by atomic mass is 32.2. The predicted octanol–water partition coefficient (Wildman–Crippen LogP) is 3.26. The molecule has 1 fully saturated rings. The van der Waals surface area contributed by atoms with Gasteiger partial charge in [0.2, 0.25) is 10.0 Å². The summed E-state index contributed by atoms with van der Waals surface area (Å²) in [6, 6.07) is 14.2. The van der Waals surface area contributed by atoms with Crippen molar-refractivity contribution in [3.8, 4) is 5.75 Å². The maximum absolute atomic E-state index is 12.7. The number of carbonyl (C=O) groups excluding carboxylic acids is 1. The van der Waals surface area contributed by atoms with Gasteiger partial charge in [0, 0.05) is 18.2 Å². The number of carbonyl (C=O) groups is 1. The summed E-state index contributed by atoms with van der Waals surface area (Å²) in [5, 5.41) is 0. The van der Waals surface area contributed by atoms with Crippen LogP contribution in [0.4, 0.5) is 0 Å². The first-order valence-corrected chi connectivity index (χ1v) is 11.2. The molecule has 156 valence electrons. The molecule has 2 atom stereocenters. The molecule has 6 nitrogen and oxygen atoms in total. The minimum atomic E-state index is -3.64. The van der Waals surface area contributed by atoms with E-state index in [1.54, 1.807) is 19.2 Å². The van der Waals surface area contributed by atoms with Crippen LogP contribution in [0.2, 0.25) is 0 Å². The number of rotatable bonds is 7. The van der Waals surface area contributed by atoms with Crippen LogP contribution in [0.15, 0.2) is 53.4 Å². The molecule has 0 saturated carbocycles. The smallest absolute Gasteiger partial charge is 0.240 e. The number of piperidine rings is 1. The normalized spacial score (nSPS) is 20.4. The number of Topliss-reactive ketones (excluding diaryl/α,β-unsaturated/α-hetero) is 1. The Balaban J connectivity index is 1.74. The molecule has 0 radical (unpaired) electrons. The second-order valence-corrected chi connectivity index (χ2v) is 9.30. The van der Waals surface area contributed by atoms with E-state index in [1.165, 1.54) is 19.1 Å². The molecule has 0 amide bonds. The van der Waals surface area contributed by atoms with Gasteiger partial charge < -0.3 is 4.74 Å². The average molecular weight is 417 g/mol. The number of hydrogen-bond acceptors (Lipinski definition) is 5. The summed E-state index contributed by atoms with van der Waals surface area (Å²) in [4.78, 5) is 13.9. The molecule has 0 aromatic heterocycles. The molecule has 1 N–H and O–H groups in total. The molecule has 7 heteroatoms. The maximum atomic E-state index is 12.7. The monoisotopic (exact) mass is 416 g/mol. The minimum absolute atomic E-state index is 0.0884. The van der Waals surface area contributed by atoms with Crippen LogP contribution in [0.5, 0.6) is 5.75 Å². The fourth-order valence-electron chi connectivity index (χ4n) is 3.97. The van der Waals surface area contributed by atoms with Crippen LogP contribution in [0, 0.1) is 5.92 Å². The third-order valence-electron chi connectivity index (χ3n) is 5.57. The van der Waals surface area contributed by atoms with E-state index in [1.807, 2.05) is 24.3 Å². The average Bonchev–Trinajstić information content (AvgIpc) is 2.72. The molecular weight excluding hydrogens is 388 g/mol. The number of benzene rings is 2. The Labute approximate surface area is 172 Å².